The van der Waals surface area contributed by atoms with Gasteiger partial charge in [0.2, 0.25) is 5.91 Å². The molecule has 1 atom stereocenters. The first-order valence-corrected chi connectivity index (χ1v) is 7.08. The van der Waals surface area contributed by atoms with Gasteiger partial charge in [0.05, 0.1) is 6.42 Å². The molecule has 0 aliphatic carbocycles. The van der Waals surface area contributed by atoms with Crippen LogP contribution in [0.5, 0.6) is 0 Å². The van der Waals surface area contributed by atoms with E-state index in [4.69, 9.17) is 11.6 Å². The Bertz CT molecular complexity index is 622. The number of aromatic nitrogens is 1. The van der Waals surface area contributed by atoms with E-state index in [0.29, 0.717) is 11.7 Å². The highest BCUT2D eigenvalue weighted by Gasteiger charge is 2.42. The van der Waals surface area contributed by atoms with Gasteiger partial charge in [-0.2, -0.15) is 0 Å². The summed E-state index contributed by atoms with van der Waals surface area (Å²) in [5.74, 6) is -0.609. The van der Waals surface area contributed by atoms with Gasteiger partial charge in [-0.15, -0.1) is 0 Å². The lowest BCUT2D eigenvalue weighted by Crippen LogP contribution is -2.38. The highest BCUT2D eigenvalue weighted by molar-refractivity contribution is 6.30. The van der Waals surface area contributed by atoms with Crippen LogP contribution in [-0.2, 0) is 16.1 Å². The second-order valence-electron chi connectivity index (χ2n) is 5.21. The first kappa shape index (κ1) is 16.2. The van der Waals surface area contributed by atoms with Gasteiger partial charge in [-0.1, -0.05) is 17.7 Å². The smallest absolute Gasteiger partial charge is 0.326 e. The zero-order chi connectivity index (χ0) is 16.4. The van der Waals surface area contributed by atoms with Crippen molar-refractivity contribution in [1.29, 1.82) is 0 Å². The molecule has 1 aromatic rings. The van der Waals surface area contributed by atoms with Crippen molar-refractivity contribution < 1.29 is 14.4 Å². The van der Waals surface area contributed by atoms with Crippen LogP contribution in [0.2, 0.25) is 5.15 Å². The zero-order valence-corrected chi connectivity index (χ0v) is 13.4. The highest BCUT2D eigenvalue weighted by atomic mass is 35.5. The van der Waals surface area contributed by atoms with Gasteiger partial charge in [0.15, 0.2) is 0 Å². The fraction of sp³-hybridized carbons (Fsp3) is 0.429. The summed E-state index contributed by atoms with van der Waals surface area (Å²) in [6.45, 7) is 0.292. The Morgan fingerprint density at radius 2 is 2.09 bits per heavy atom. The van der Waals surface area contributed by atoms with Gasteiger partial charge in [-0.05, 0) is 6.07 Å². The Morgan fingerprint density at radius 1 is 1.41 bits per heavy atom. The van der Waals surface area contributed by atoms with Gasteiger partial charge in [0.25, 0.3) is 5.91 Å². The molecule has 1 aliphatic heterocycles. The van der Waals surface area contributed by atoms with E-state index in [0.717, 1.165) is 10.5 Å². The molecule has 1 saturated heterocycles. The van der Waals surface area contributed by atoms with Gasteiger partial charge >= 0.3 is 6.03 Å². The van der Waals surface area contributed by atoms with E-state index < -0.39 is 12.1 Å². The van der Waals surface area contributed by atoms with Crippen molar-refractivity contribution in [3.8, 4) is 0 Å². The van der Waals surface area contributed by atoms with Crippen molar-refractivity contribution in [2.75, 3.05) is 21.1 Å². The van der Waals surface area contributed by atoms with Crippen LogP contribution >= 0.6 is 11.6 Å². The molecule has 2 heterocycles. The second-order valence-corrected chi connectivity index (χ2v) is 5.57. The molecule has 4 amide bonds. The summed E-state index contributed by atoms with van der Waals surface area (Å²) in [4.78, 5) is 43.6. The molecular weight excluding hydrogens is 308 g/mol. The number of hydrogen-bond acceptors (Lipinski definition) is 4. The molecule has 0 aromatic carbocycles. The summed E-state index contributed by atoms with van der Waals surface area (Å²) in [5.41, 5.74) is 0.722. The van der Waals surface area contributed by atoms with Crippen molar-refractivity contribution in [2.24, 2.45) is 0 Å². The minimum Gasteiger partial charge on any atom is -0.341 e. The van der Waals surface area contributed by atoms with Crippen LogP contribution in [0.3, 0.4) is 0 Å². The molecule has 7 nitrogen and oxygen atoms in total. The molecule has 8 heteroatoms. The quantitative estimate of drug-likeness (QED) is 0.611. The van der Waals surface area contributed by atoms with Crippen molar-refractivity contribution in [3.63, 3.8) is 0 Å². The Kier molecular flexibility index (Phi) is 4.65. The summed E-state index contributed by atoms with van der Waals surface area (Å²) in [6.07, 6.45) is 1.51. The number of carbonyl (C=O) groups excluding carboxylic acids is 3. The Balaban J connectivity index is 2.02. The molecule has 1 aliphatic rings. The molecule has 1 aromatic heterocycles. The van der Waals surface area contributed by atoms with E-state index in [1.54, 1.807) is 25.4 Å². The summed E-state index contributed by atoms with van der Waals surface area (Å²) in [7, 11) is 4.54. The fourth-order valence-electron chi connectivity index (χ4n) is 2.28. The lowest BCUT2D eigenvalue weighted by molar-refractivity contribution is -0.135. The predicted octanol–water partition coefficient (Wildman–Crippen LogP) is 0.976. The van der Waals surface area contributed by atoms with E-state index in [1.807, 2.05) is 0 Å². The first-order chi connectivity index (χ1) is 10.3. The largest absolute Gasteiger partial charge is 0.341 e. The number of likely N-dealkylation sites (N-methyl/N-ethyl adjacent to an activating group) is 2. The van der Waals surface area contributed by atoms with Crippen molar-refractivity contribution in [2.45, 2.75) is 19.0 Å². The molecule has 2 rings (SSSR count). The molecule has 0 spiro atoms. The van der Waals surface area contributed by atoms with Gasteiger partial charge in [0, 0.05) is 39.4 Å². The number of rotatable bonds is 4. The number of halogens is 1. The maximum Gasteiger partial charge on any atom is 0.326 e. The standard InChI is InChI=1S/C14H17ClN4O3/c1-17(8-9-5-4-6-16-12(9)15)11(20)7-10-13(21)19(3)14(22)18(10)2/h4-6,10H,7-8H2,1-3H3/t10-/m0/s1. The summed E-state index contributed by atoms with van der Waals surface area (Å²) >= 11 is 5.97. The molecule has 0 radical (unpaired) electrons. The molecule has 0 bridgehead atoms. The van der Waals surface area contributed by atoms with E-state index in [9.17, 15) is 14.4 Å². The molecule has 0 N–H and O–H groups in total. The lowest BCUT2D eigenvalue weighted by atomic mass is 10.1. The molecule has 0 unspecified atom stereocenters. The van der Waals surface area contributed by atoms with E-state index in [2.05, 4.69) is 4.98 Å². The van der Waals surface area contributed by atoms with Crippen molar-refractivity contribution in [3.05, 3.63) is 29.0 Å². The van der Waals surface area contributed by atoms with Gasteiger partial charge in [-0.3, -0.25) is 14.5 Å². The minimum absolute atomic E-state index is 0.0558. The van der Waals surface area contributed by atoms with Crippen LogP contribution in [0.1, 0.15) is 12.0 Å². The van der Waals surface area contributed by atoms with Crippen LogP contribution in [0.25, 0.3) is 0 Å². The van der Waals surface area contributed by atoms with Gasteiger partial charge in [-0.25, -0.2) is 9.78 Å². The predicted molar refractivity (Wildman–Crippen MR) is 80.1 cm³/mol. The monoisotopic (exact) mass is 324 g/mol. The number of imide groups is 1. The van der Waals surface area contributed by atoms with E-state index >= 15 is 0 Å². The van der Waals surface area contributed by atoms with Crippen LogP contribution in [0.4, 0.5) is 4.79 Å². The number of pyridine rings is 1. The number of amides is 4. The third kappa shape index (κ3) is 3.04. The normalized spacial score (nSPS) is 18.1. The molecule has 118 valence electrons. The van der Waals surface area contributed by atoms with Crippen LogP contribution in [0, 0.1) is 0 Å². The maximum atomic E-state index is 12.3. The summed E-state index contributed by atoms with van der Waals surface area (Å²) in [5, 5.41) is 0.339. The number of urea groups is 1. The van der Waals surface area contributed by atoms with E-state index in [1.165, 1.54) is 23.9 Å². The van der Waals surface area contributed by atoms with Crippen LogP contribution < -0.4 is 0 Å². The Labute approximate surface area is 133 Å². The number of carbonyl (C=O) groups is 3. The van der Waals surface area contributed by atoms with Gasteiger partial charge < -0.3 is 9.80 Å². The van der Waals surface area contributed by atoms with Crippen LogP contribution in [0.15, 0.2) is 18.3 Å². The highest BCUT2D eigenvalue weighted by Crippen LogP contribution is 2.19. The average Bonchev–Trinajstić information content (AvgIpc) is 2.67. The molecular formula is C14H17ClN4O3. The van der Waals surface area contributed by atoms with Crippen LogP contribution in [-0.4, -0.2) is 64.7 Å². The van der Waals surface area contributed by atoms with E-state index in [-0.39, 0.29) is 18.2 Å². The minimum atomic E-state index is -0.753. The zero-order valence-electron chi connectivity index (χ0n) is 12.6. The number of nitrogens with zero attached hydrogens (tertiary/aromatic N) is 4. The fourth-order valence-corrected chi connectivity index (χ4v) is 2.46. The third-order valence-corrected chi connectivity index (χ3v) is 4.05. The Morgan fingerprint density at radius 3 is 2.64 bits per heavy atom. The number of hydrogen-bond donors (Lipinski definition) is 0. The second kappa shape index (κ2) is 6.31. The van der Waals surface area contributed by atoms with Crippen molar-refractivity contribution >= 4 is 29.4 Å². The first-order valence-electron chi connectivity index (χ1n) is 6.70. The summed E-state index contributed by atoms with van der Waals surface area (Å²) < 4.78 is 0. The molecule has 22 heavy (non-hydrogen) atoms. The molecule has 0 saturated carbocycles. The summed E-state index contributed by atoms with van der Waals surface area (Å²) in [6, 6.07) is 2.36. The topological polar surface area (TPSA) is 73.8 Å². The Hall–Kier alpha value is -2.15. The molecule has 1 fully saturated rings. The van der Waals surface area contributed by atoms with Crippen molar-refractivity contribution in [1.82, 2.24) is 19.7 Å². The van der Waals surface area contributed by atoms with Gasteiger partial charge in [0.1, 0.15) is 11.2 Å². The lowest BCUT2D eigenvalue weighted by Gasteiger charge is -2.21. The SMILES string of the molecule is CN(Cc1cccnc1Cl)C(=O)C[C@H]1C(=O)N(C)C(=O)N1C. The average molecular weight is 325 g/mol. The maximum absolute atomic E-state index is 12.3. The third-order valence-electron chi connectivity index (χ3n) is 3.71.